The maximum Gasteiger partial charge on any atom is 0.213 e. The first-order valence-corrected chi connectivity index (χ1v) is 6.74. The molecule has 0 aliphatic heterocycles. The number of nitrogens with zero attached hydrogens (tertiary/aromatic N) is 4. The second-order valence-electron chi connectivity index (χ2n) is 4.36. The van der Waals surface area contributed by atoms with Crippen molar-refractivity contribution in [1.29, 1.82) is 0 Å². The van der Waals surface area contributed by atoms with Gasteiger partial charge in [0.05, 0.1) is 13.7 Å². The van der Waals surface area contributed by atoms with Crippen LogP contribution < -0.4 is 4.74 Å². The summed E-state index contributed by atoms with van der Waals surface area (Å²) in [5.74, 6) is 1.28. The van der Waals surface area contributed by atoms with Gasteiger partial charge in [-0.25, -0.2) is 4.98 Å². The van der Waals surface area contributed by atoms with Crippen molar-refractivity contribution >= 4 is 12.2 Å². The second kappa shape index (κ2) is 5.84. The summed E-state index contributed by atoms with van der Waals surface area (Å²) < 4.78 is 7.58. The zero-order valence-corrected chi connectivity index (χ0v) is 12.2. The largest absolute Gasteiger partial charge is 0.481 e. The van der Waals surface area contributed by atoms with Gasteiger partial charge in [0, 0.05) is 18.5 Å². The number of hydrogen-bond donors (Lipinski definition) is 1. The lowest BCUT2D eigenvalue weighted by Crippen LogP contribution is -2.04. The first-order valence-electron chi connectivity index (χ1n) is 6.33. The smallest absolute Gasteiger partial charge is 0.213 e. The van der Waals surface area contributed by atoms with E-state index in [0.717, 1.165) is 11.3 Å². The molecule has 0 aliphatic rings. The summed E-state index contributed by atoms with van der Waals surface area (Å²) in [6.45, 7) is 0.570. The molecule has 0 bridgehead atoms. The minimum atomic E-state index is 0.548. The molecular formula is C14H13N5OS. The van der Waals surface area contributed by atoms with E-state index in [4.69, 9.17) is 17.0 Å². The van der Waals surface area contributed by atoms with Crippen LogP contribution in [0.25, 0.3) is 11.5 Å². The Kier molecular flexibility index (Phi) is 3.74. The van der Waals surface area contributed by atoms with E-state index in [1.54, 1.807) is 19.5 Å². The fourth-order valence-electron chi connectivity index (χ4n) is 2.00. The van der Waals surface area contributed by atoms with Gasteiger partial charge >= 0.3 is 0 Å². The molecule has 3 aromatic heterocycles. The summed E-state index contributed by atoms with van der Waals surface area (Å²) in [5, 5.41) is 7.07. The number of hydrogen-bond acceptors (Lipinski definition) is 5. The maximum atomic E-state index is 5.30. The monoisotopic (exact) mass is 299 g/mol. The standard InChI is InChI=1S/C14H13N5OS/c1-20-12-8-10(5-7-16-12)9-19-13(17-18-14(19)21)11-4-2-3-6-15-11/h2-8H,9H2,1H3,(H,18,21). The van der Waals surface area contributed by atoms with Crippen LogP contribution in [0.4, 0.5) is 0 Å². The first-order chi connectivity index (χ1) is 10.3. The van der Waals surface area contributed by atoms with Crippen LogP contribution >= 0.6 is 12.2 Å². The number of pyridine rings is 2. The fraction of sp³-hybridized carbons (Fsp3) is 0.143. The lowest BCUT2D eigenvalue weighted by molar-refractivity contribution is 0.397. The molecule has 106 valence electrons. The Labute approximate surface area is 126 Å². The number of aromatic amines is 1. The van der Waals surface area contributed by atoms with E-state index in [-0.39, 0.29) is 0 Å². The van der Waals surface area contributed by atoms with Crippen LogP contribution in [0.5, 0.6) is 5.88 Å². The Balaban J connectivity index is 1.99. The fourth-order valence-corrected chi connectivity index (χ4v) is 2.19. The molecular weight excluding hydrogens is 286 g/mol. The topological polar surface area (TPSA) is 68.6 Å². The SMILES string of the molecule is COc1cc(Cn2c(-c3ccccn3)n[nH]c2=S)ccn1. The zero-order valence-electron chi connectivity index (χ0n) is 11.4. The van der Waals surface area contributed by atoms with Gasteiger partial charge in [-0.05, 0) is 36.0 Å². The third kappa shape index (κ3) is 2.82. The predicted molar refractivity (Wildman–Crippen MR) is 80.5 cm³/mol. The Hall–Kier alpha value is -2.54. The summed E-state index contributed by atoms with van der Waals surface area (Å²) in [6.07, 6.45) is 3.44. The lowest BCUT2D eigenvalue weighted by atomic mass is 10.2. The van der Waals surface area contributed by atoms with E-state index < -0.39 is 0 Å². The van der Waals surface area contributed by atoms with Crippen molar-refractivity contribution in [1.82, 2.24) is 24.7 Å². The number of nitrogens with one attached hydrogen (secondary N) is 1. The van der Waals surface area contributed by atoms with Gasteiger partial charge in [0.2, 0.25) is 5.88 Å². The minimum absolute atomic E-state index is 0.548. The van der Waals surface area contributed by atoms with E-state index in [1.165, 1.54) is 0 Å². The maximum absolute atomic E-state index is 5.30. The van der Waals surface area contributed by atoms with Crippen LogP contribution in [0, 0.1) is 4.77 Å². The molecule has 3 rings (SSSR count). The van der Waals surface area contributed by atoms with Crippen LogP contribution in [0.3, 0.4) is 0 Å². The van der Waals surface area contributed by atoms with E-state index >= 15 is 0 Å². The molecule has 0 fully saturated rings. The highest BCUT2D eigenvalue weighted by Crippen LogP contribution is 2.17. The number of ether oxygens (including phenoxy) is 1. The molecule has 0 aromatic carbocycles. The quantitative estimate of drug-likeness (QED) is 0.749. The van der Waals surface area contributed by atoms with Gasteiger partial charge in [0.1, 0.15) is 5.69 Å². The number of aromatic nitrogens is 5. The van der Waals surface area contributed by atoms with Crippen LogP contribution in [0.1, 0.15) is 5.56 Å². The number of rotatable bonds is 4. The van der Waals surface area contributed by atoms with E-state index in [2.05, 4.69) is 20.2 Å². The zero-order chi connectivity index (χ0) is 14.7. The average Bonchev–Trinajstić information content (AvgIpc) is 2.89. The number of methoxy groups -OCH3 is 1. The van der Waals surface area contributed by atoms with Gasteiger partial charge in [-0.15, -0.1) is 0 Å². The Morgan fingerprint density at radius 3 is 2.90 bits per heavy atom. The molecule has 0 saturated heterocycles. The van der Waals surface area contributed by atoms with Gasteiger partial charge in [0.15, 0.2) is 10.6 Å². The van der Waals surface area contributed by atoms with Gasteiger partial charge < -0.3 is 4.74 Å². The lowest BCUT2D eigenvalue weighted by Gasteiger charge is -2.07. The number of H-pyrrole nitrogens is 1. The van der Waals surface area contributed by atoms with Gasteiger partial charge in [-0.1, -0.05) is 6.07 Å². The van der Waals surface area contributed by atoms with Crippen molar-refractivity contribution in [2.75, 3.05) is 7.11 Å². The highest BCUT2D eigenvalue weighted by atomic mass is 32.1. The predicted octanol–water partition coefficient (Wildman–Crippen LogP) is 2.45. The molecule has 3 aromatic rings. The van der Waals surface area contributed by atoms with Gasteiger partial charge in [-0.3, -0.25) is 14.6 Å². The van der Waals surface area contributed by atoms with Crippen molar-refractivity contribution in [3.8, 4) is 17.4 Å². The average molecular weight is 299 g/mol. The molecule has 0 unspecified atom stereocenters. The van der Waals surface area contributed by atoms with Crippen LogP contribution in [-0.4, -0.2) is 31.8 Å². The molecule has 7 heteroatoms. The van der Waals surface area contributed by atoms with Crippen LogP contribution in [0.2, 0.25) is 0 Å². The third-order valence-electron chi connectivity index (χ3n) is 3.00. The van der Waals surface area contributed by atoms with Gasteiger partial charge in [-0.2, -0.15) is 5.10 Å². The second-order valence-corrected chi connectivity index (χ2v) is 4.75. The molecule has 21 heavy (non-hydrogen) atoms. The summed E-state index contributed by atoms with van der Waals surface area (Å²) >= 11 is 5.30. The van der Waals surface area contributed by atoms with Crippen LogP contribution in [-0.2, 0) is 6.54 Å². The Morgan fingerprint density at radius 1 is 1.24 bits per heavy atom. The Morgan fingerprint density at radius 2 is 2.14 bits per heavy atom. The van der Waals surface area contributed by atoms with E-state index in [0.29, 0.717) is 23.0 Å². The molecule has 0 amide bonds. The van der Waals surface area contributed by atoms with Crippen molar-refractivity contribution in [3.05, 3.63) is 53.1 Å². The molecule has 1 N–H and O–H groups in total. The third-order valence-corrected chi connectivity index (χ3v) is 3.31. The normalized spacial score (nSPS) is 10.5. The molecule has 3 heterocycles. The first kappa shape index (κ1) is 13.4. The van der Waals surface area contributed by atoms with Crippen LogP contribution in [0.15, 0.2) is 42.7 Å². The van der Waals surface area contributed by atoms with Crippen molar-refractivity contribution in [2.45, 2.75) is 6.54 Å². The van der Waals surface area contributed by atoms with Crippen molar-refractivity contribution in [2.24, 2.45) is 0 Å². The van der Waals surface area contributed by atoms with Gasteiger partial charge in [0.25, 0.3) is 0 Å². The Bertz CT molecular complexity index is 796. The van der Waals surface area contributed by atoms with E-state index in [9.17, 15) is 0 Å². The molecule has 6 nitrogen and oxygen atoms in total. The van der Waals surface area contributed by atoms with Crippen molar-refractivity contribution < 1.29 is 4.74 Å². The van der Waals surface area contributed by atoms with E-state index in [1.807, 2.05) is 34.9 Å². The molecule has 0 atom stereocenters. The highest BCUT2D eigenvalue weighted by molar-refractivity contribution is 7.71. The summed E-state index contributed by atoms with van der Waals surface area (Å²) in [5.41, 5.74) is 1.79. The summed E-state index contributed by atoms with van der Waals surface area (Å²) in [7, 11) is 1.59. The summed E-state index contributed by atoms with van der Waals surface area (Å²) in [6, 6.07) is 9.47. The highest BCUT2D eigenvalue weighted by Gasteiger charge is 2.10. The molecule has 0 aliphatic carbocycles. The molecule has 0 saturated carbocycles. The minimum Gasteiger partial charge on any atom is -0.481 e. The summed E-state index contributed by atoms with van der Waals surface area (Å²) in [4.78, 5) is 8.41. The molecule has 0 radical (unpaired) electrons. The van der Waals surface area contributed by atoms with Crippen molar-refractivity contribution in [3.63, 3.8) is 0 Å². The molecule has 0 spiro atoms.